The Kier molecular flexibility index (Phi) is 5.91. The van der Waals surface area contributed by atoms with Crippen molar-refractivity contribution in [1.82, 2.24) is 0 Å². The second-order valence-electron chi connectivity index (χ2n) is 13.6. The Hall–Kier alpha value is -6.64. The Balaban J connectivity index is 1.20. The first-order valence-electron chi connectivity index (χ1n) is 17.6. The maximum Gasteiger partial charge on any atom is 0.137 e. The van der Waals surface area contributed by atoms with E-state index in [1.807, 2.05) is 6.07 Å². The molecule has 0 saturated carbocycles. The molecular weight excluding hydrogens is 619 g/mol. The summed E-state index contributed by atoms with van der Waals surface area (Å²) in [6.07, 6.45) is 0. The Labute approximate surface area is 296 Å². The van der Waals surface area contributed by atoms with Gasteiger partial charge in [0, 0.05) is 16.8 Å². The van der Waals surface area contributed by atoms with Crippen LogP contribution < -0.4 is 4.90 Å². The van der Waals surface area contributed by atoms with E-state index in [9.17, 15) is 0 Å². The van der Waals surface area contributed by atoms with Gasteiger partial charge in [0.2, 0.25) is 0 Å². The molecule has 0 N–H and O–H groups in total. The number of anilines is 3. The fourth-order valence-corrected chi connectivity index (χ4v) is 9.02. The van der Waals surface area contributed by atoms with Crippen LogP contribution in [0.5, 0.6) is 0 Å². The highest BCUT2D eigenvalue weighted by Crippen LogP contribution is 2.63. The molecule has 238 valence electrons. The van der Waals surface area contributed by atoms with Gasteiger partial charge in [-0.2, -0.15) is 0 Å². The van der Waals surface area contributed by atoms with Crippen LogP contribution in [0.4, 0.5) is 17.1 Å². The van der Waals surface area contributed by atoms with Gasteiger partial charge < -0.3 is 9.32 Å². The molecule has 51 heavy (non-hydrogen) atoms. The Bertz CT molecular complexity index is 2750. The summed E-state index contributed by atoms with van der Waals surface area (Å²) in [7, 11) is 0. The molecule has 0 saturated heterocycles. The van der Waals surface area contributed by atoms with Crippen LogP contribution in [0.25, 0.3) is 55.3 Å². The summed E-state index contributed by atoms with van der Waals surface area (Å²) < 4.78 is 6.44. The van der Waals surface area contributed by atoms with Gasteiger partial charge in [-0.1, -0.05) is 146 Å². The van der Waals surface area contributed by atoms with E-state index in [1.54, 1.807) is 0 Å². The zero-order valence-corrected chi connectivity index (χ0v) is 27.8. The predicted molar refractivity (Wildman–Crippen MR) is 210 cm³/mol. The fraction of sp³-hybridized carbons (Fsp3) is 0.0204. The molecule has 0 atom stereocenters. The molecule has 0 unspecified atom stereocenters. The molecule has 0 radical (unpaired) electrons. The van der Waals surface area contributed by atoms with Crippen LogP contribution in [0, 0.1) is 0 Å². The molecule has 11 rings (SSSR count). The summed E-state index contributed by atoms with van der Waals surface area (Å²) in [5, 5.41) is 2.22. The minimum absolute atomic E-state index is 0.424. The van der Waals surface area contributed by atoms with Crippen LogP contribution in [0.15, 0.2) is 192 Å². The number of nitrogens with zero attached hydrogens (tertiary/aromatic N) is 1. The first-order valence-corrected chi connectivity index (χ1v) is 17.6. The lowest BCUT2D eigenvalue weighted by atomic mass is 9.70. The van der Waals surface area contributed by atoms with Gasteiger partial charge in [0.1, 0.15) is 11.2 Å². The van der Waals surface area contributed by atoms with Gasteiger partial charge in [0.25, 0.3) is 0 Å². The SMILES string of the molecule is c1ccc(-c2ccc(N(c3ccc4c(c3)C3(c5ccccc5-c5ccccc53)c3ccccc3-4)c3cccc4oc5ccccc5c34)cc2)cc1. The normalized spacial score (nSPS) is 13.3. The largest absolute Gasteiger partial charge is 0.456 e. The van der Waals surface area contributed by atoms with E-state index in [-0.39, 0.29) is 0 Å². The van der Waals surface area contributed by atoms with Crippen LogP contribution in [0.1, 0.15) is 22.3 Å². The first-order chi connectivity index (χ1) is 25.3. The topological polar surface area (TPSA) is 16.4 Å². The molecule has 0 amide bonds. The van der Waals surface area contributed by atoms with E-state index in [4.69, 9.17) is 4.42 Å². The van der Waals surface area contributed by atoms with Crippen LogP contribution in [-0.4, -0.2) is 0 Å². The monoisotopic (exact) mass is 649 g/mol. The van der Waals surface area contributed by atoms with Gasteiger partial charge in [-0.15, -0.1) is 0 Å². The molecule has 1 aromatic heterocycles. The Morgan fingerprint density at radius 2 is 0.902 bits per heavy atom. The van der Waals surface area contributed by atoms with E-state index >= 15 is 0 Å². The number of hydrogen-bond acceptors (Lipinski definition) is 2. The van der Waals surface area contributed by atoms with Crippen molar-refractivity contribution >= 4 is 39.0 Å². The van der Waals surface area contributed by atoms with Crippen molar-refractivity contribution in [1.29, 1.82) is 0 Å². The lowest BCUT2D eigenvalue weighted by Gasteiger charge is -2.32. The molecule has 1 heterocycles. The molecule has 9 aromatic rings. The van der Waals surface area contributed by atoms with E-state index < -0.39 is 5.41 Å². The maximum atomic E-state index is 6.44. The average molecular weight is 650 g/mol. The summed E-state index contributed by atoms with van der Waals surface area (Å²) in [6, 6.07) is 68.5. The Morgan fingerprint density at radius 1 is 0.373 bits per heavy atom. The maximum absolute atomic E-state index is 6.44. The molecule has 2 nitrogen and oxygen atoms in total. The summed E-state index contributed by atoms with van der Waals surface area (Å²) in [5.41, 5.74) is 17.6. The molecule has 0 fully saturated rings. The second-order valence-corrected chi connectivity index (χ2v) is 13.6. The van der Waals surface area contributed by atoms with E-state index in [2.05, 4.69) is 187 Å². The smallest absolute Gasteiger partial charge is 0.137 e. The predicted octanol–water partition coefficient (Wildman–Crippen LogP) is 13.1. The highest BCUT2D eigenvalue weighted by atomic mass is 16.3. The molecule has 2 heteroatoms. The van der Waals surface area contributed by atoms with Crippen LogP contribution in [0.3, 0.4) is 0 Å². The number of benzene rings is 8. The average Bonchev–Trinajstić information content (AvgIpc) is 3.83. The van der Waals surface area contributed by atoms with Crippen LogP contribution in [-0.2, 0) is 5.41 Å². The van der Waals surface area contributed by atoms with Crippen LogP contribution >= 0.6 is 0 Å². The van der Waals surface area contributed by atoms with Gasteiger partial charge in [-0.3, -0.25) is 0 Å². The summed E-state index contributed by atoms with van der Waals surface area (Å²) in [6.45, 7) is 0. The molecule has 0 aliphatic heterocycles. The van der Waals surface area contributed by atoms with E-state index in [0.29, 0.717) is 0 Å². The van der Waals surface area contributed by atoms with Crippen molar-refractivity contribution in [2.24, 2.45) is 0 Å². The van der Waals surface area contributed by atoms with Crippen LogP contribution in [0.2, 0.25) is 0 Å². The zero-order chi connectivity index (χ0) is 33.5. The molecule has 1 spiro atoms. The minimum atomic E-state index is -0.424. The molecule has 0 bridgehead atoms. The molecular formula is C49H31NO. The van der Waals surface area contributed by atoms with Gasteiger partial charge in [0.15, 0.2) is 0 Å². The molecule has 8 aromatic carbocycles. The first kappa shape index (κ1) is 28.2. The number of rotatable bonds is 4. The van der Waals surface area contributed by atoms with Gasteiger partial charge >= 0.3 is 0 Å². The van der Waals surface area contributed by atoms with Crippen molar-refractivity contribution in [3.05, 3.63) is 210 Å². The van der Waals surface area contributed by atoms with Crippen molar-refractivity contribution in [3.63, 3.8) is 0 Å². The van der Waals surface area contributed by atoms with Gasteiger partial charge in [0.05, 0.1) is 16.5 Å². The zero-order valence-electron chi connectivity index (χ0n) is 27.8. The van der Waals surface area contributed by atoms with Crippen molar-refractivity contribution in [2.75, 3.05) is 4.90 Å². The van der Waals surface area contributed by atoms with E-state index in [1.165, 1.54) is 55.6 Å². The highest BCUT2D eigenvalue weighted by molar-refractivity contribution is 6.13. The van der Waals surface area contributed by atoms with Gasteiger partial charge in [-0.25, -0.2) is 0 Å². The highest BCUT2D eigenvalue weighted by Gasteiger charge is 2.51. The summed E-state index contributed by atoms with van der Waals surface area (Å²) in [4.78, 5) is 2.42. The third-order valence-electron chi connectivity index (χ3n) is 11.1. The lowest BCUT2D eigenvalue weighted by molar-refractivity contribution is 0.669. The number of furan rings is 1. The van der Waals surface area contributed by atoms with Crippen molar-refractivity contribution in [3.8, 4) is 33.4 Å². The standard InChI is InChI=1S/C49H31NO/c1-2-13-32(14-3-1)33-25-27-34(28-26-33)50(45-22-12-24-47-48(45)40-18-7-11-23-46(40)51-47)35-29-30-39-38-17-6-10-21-43(38)49(44(39)31-35)41-19-8-4-15-36(41)37-16-5-9-20-42(37)49/h1-31H. The fourth-order valence-electron chi connectivity index (χ4n) is 9.02. The quantitative estimate of drug-likeness (QED) is 0.189. The number of hydrogen-bond donors (Lipinski definition) is 0. The van der Waals surface area contributed by atoms with Crippen molar-refractivity contribution in [2.45, 2.75) is 5.41 Å². The van der Waals surface area contributed by atoms with Gasteiger partial charge in [-0.05, 0) is 98.1 Å². The Morgan fingerprint density at radius 3 is 1.59 bits per heavy atom. The third-order valence-corrected chi connectivity index (χ3v) is 11.1. The number of fused-ring (bicyclic) bond motifs is 13. The number of para-hydroxylation sites is 1. The summed E-state index contributed by atoms with van der Waals surface area (Å²) >= 11 is 0. The molecule has 2 aliphatic carbocycles. The second kappa shape index (κ2) is 10.7. The third kappa shape index (κ3) is 3.87. The lowest BCUT2D eigenvalue weighted by Crippen LogP contribution is -2.26. The van der Waals surface area contributed by atoms with Crippen molar-refractivity contribution < 1.29 is 4.42 Å². The molecule has 2 aliphatic rings. The summed E-state index contributed by atoms with van der Waals surface area (Å²) in [5.74, 6) is 0. The van der Waals surface area contributed by atoms with E-state index in [0.717, 1.165) is 39.0 Å². The minimum Gasteiger partial charge on any atom is -0.456 e.